The number of benzene rings is 2. The second-order valence-electron chi connectivity index (χ2n) is 6.54. The Balaban J connectivity index is 1.84. The summed E-state index contributed by atoms with van der Waals surface area (Å²) in [7, 11) is 3.26. The molecule has 156 valence electrons. The summed E-state index contributed by atoms with van der Waals surface area (Å²) < 4.78 is 18.3. The van der Waals surface area contributed by atoms with E-state index in [0.717, 1.165) is 33.5 Å². The van der Waals surface area contributed by atoms with E-state index < -0.39 is 6.23 Å². The van der Waals surface area contributed by atoms with Gasteiger partial charge < -0.3 is 19.5 Å². The minimum atomic E-state index is -0.558. The highest BCUT2D eigenvalue weighted by Gasteiger charge is 2.28. The largest absolute Gasteiger partial charge is 0.497 e. The number of nitrogens with one attached hydrogen (secondary N) is 1. The van der Waals surface area contributed by atoms with Crippen LogP contribution in [0.1, 0.15) is 25.1 Å². The second kappa shape index (κ2) is 9.09. The summed E-state index contributed by atoms with van der Waals surface area (Å²) in [6.45, 7) is 2.11. The van der Waals surface area contributed by atoms with Gasteiger partial charge in [-0.05, 0) is 42.8 Å². The Morgan fingerprint density at radius 2 is 2.00 bits per heavy atom. The Bertz CT molecular complexity index is 1070. The van der Waals surface area contributed by atoms with Gasteiger partial charge in [-0.3, -0.25) is 0 Å². The molecule has 3 aromatic rings. The lowest BCUT2D eigenvalue weighted by Crippen LogP contribution is -2.18. The third-order valence-electron chi connectivity index (χ3n) is 4.54. The molecular formula is C21H21BrN4O3S. The average molecular weight is 489 g/mol. The number of anilines is 1. The van der Waals surface area contributed by atoms with Crippen molar-refractivity contribution in [2.75, 3.05) is 25.3 Å². The van der Waals surface area contributed by atoms with Crippen molar-refractivity contribution >= 4 is 33.4 Å². The average Bonchev–Trinajstić information content (AvgIpc) is 2.93. The molecule has 0 saturated heterocycles. The van der Waals surface area contributed by atoms with Crippen LogP contribution in [0.2, 0.25) is 0 Å². The summed E-state index contributed by atoms with van der Waals surface area (Å²) >= 11 is 5.10. The van der Waals surface area contributed by atoms with Crippen molar-refractivity contribution in [3.63, 3.8) is 0 Å². The van der Waals surface area contributed by atoms with Crippen molar-refractivity contribution in [1.82, 2.24) is 15.2 Å². The van der Waals surface area contributed by atoms with E-state index in [1.54, 1.807) is 26.0 Å². The number of methoxy groups -OCH3 is 2. The van der Waals surface area contributed by atoms with E-state index >= 15 is 0 Å². The Labute approximate surface area is 187 Å². The summed E-state index contributed by atoms with van der Waals surface area (Å²) in [6.07, 6.45) is 0.462. The molecule has 0 aliphatic carbocycles. The first-order chi connectivity index (χ1) is 14.6. The maximum atomic E-state index is 6.34. The fourth-order valence-electron chi connectivity index (χ4n) is 3.11. The predicted octanol–water partition coefficient (Wildman–Crippen LogP) is 5.32. The second-order valence-corrected chi connectivity index (χ2v) is 8.51. The molecule has 0 amide bonds. The van der Waals surface area contributed by atoms with Crippen LogP contribution in [0.3, 0.4) is 0 Å². The summed E-state index contributed by atoms with van der Waals surface area (Å²) in [4.78, 5) is 4.65. The molecule has 1 aromatic heterocycles. The SMILES string of the molecule is CCCSc1nnc2c(n1)O[C@@H](c1cc(OC)ccc1OC)Nc1ccc(Br)cc1-2. The normalized spacial score (nSPS) is 14.6. The molecule has 7 nitrogen and oxygen atoms in total. The van der Waals surface area contributed by atoms with Gasteiger partial charge in [-0.2, -0.15) is 4.98 Å². The molecule has 0 saturated carbocycles. The number of hydrogen-bond donors (Lipinski definition) is 1. The lowest BCUT2D eigenvalue weighted by molar-refractivity contribution is 0.219. The quantitative estimate of drug-likeness (QED) is 0.466. The molecule has 1 atom stereocenters. The van der Waals surface area contributed by atoms with Gasteiger partial charge in [-0.1, -0.05) is 34.6 Å². The minimum Gasteiger partial charge on any atom is -0.497 e. The predicted molar refractivity (Wildman–Crippen MR) is 121 cm³/mol. The number of aromatic nitrogens is 3. The first-order valence-corrected chi connectivity index (χ1v) is 11.2. The van der Waals surface area contributed by atoms with Crippen molar-refractivity contribution < 1.29 is 14.2 Å². The molecular weight excluding hydrogens is 468 g/mol. The molecule has 4 rings (SSSR count). The first kappa shape index (κ1) is 20.7. The fraction of sp³-hybridized carbons (Fsp3) is 0.286. The van der Waals surface area contributed by atoms with Crippen molar-refractivity contribution in [3.8, 4) is 28.6 Å². The van der Waals surface area contributed by atoms with Gasteiger partial charge in [0.15, 0.2) is 5.69 Å². The van der Waals surface area contributed by atoms with Crippen LogP contribution >= 0.6 is 27.7 Å². The Kier molecular flexibility index (Phi) is 6.29. The van der Waals surface area contributed by atoms with E-state index in [9.17, 15) is 0 Å². The Morgan fingerprint density at radius 1 is 1.13 bits per heavy atom. The number of nitrogens with zero attached hydrogens (tertiary/aromatic N) is 3. The molecule has 2 aromatic carbocycles. The molecule has 0 bridgehead atoms. The molecule has 2 heterocycles. The third-order valence-corrected chi connectivity index (χ3v) is 6.08. The third kappa shape index (κ3) is 4.17. The van der Waals surface area contributed by atoms with Crippen LogP contribution in [-0.2, 0) is 0 Å². The van der Waals surface area contributed by atoms with Gasteiger partial charge in [0.25, 0.3) is 0 Å². The summed E-state index contributed by atoms with van der Waals surface area (Å²) in [5, 5.41) is 12.8. The van der Waals surface area contributed by atoms with Crippen LogP contribution in [-0.4, -0.2) is 35.2 Å². The van der Waals surface area contributed by atoms with Gasteiger partial charge >= 0.3 is 0 Å². The lowest BCUT2D eigenvalue weighted by atomic mass is 10.1. The van der Waals surface area contributed by atoms with E-state index in [4.69, 9.17) is 14.2 Å². The fourth-order valence-corrected chi connectivity index (χ4v) is 4.10. The van der Waals surface area contributed by atoms with Gasteiger partial charge in [0.05, 0.1) is 19.8 Å². The number of thioether (sulfide) groups is 1. The first-order valence-electron chi connectivity index (χ1n) is 9.45. The number of hydrogen-bond acceptors (Lipinski definition) is 8. The Morgan fingerprint density at radius 3 is 2.77 bits per heavy atom. The standard InChI is InChI=1S/C21H21BrN4O3S/c1-4-9-30-21-24-20-18(25-26-21)14-10-12(22)5-7-16(14)23-19(29-20)15-11-13(27-2)6-8-17(15)28-3/h5-8,10-11,19,23H,4,9H2,1-3H3/t19-/m0/s1. The van der Waals surface area contributed by atoms with Crippen molar-refractivity contribution in [2.45, 2.75) is 24.7 Å². The topological polar surface area (TPSA) is 78.4 Å². The van der Waals surface area contributed by atoms with E-state index in [0.29, 0.717) is 28.2 Å². The molecule has 1 N–H and O–H groups in total. The van der Waals surface area contributed by atoms with Gasteiger partial charge in [0, 0.05) is 21.5 Å². The highest BCUT2D eigenvalue weighted by molar-refractivity contribution is 9.10. The number of halogens is 1. The zero-order valence-corrected chi connectivity index (χ0v) is 19.2. The zero-order valence-electron chi connectivity index (χ0n) is 16.8. The van der Waals surface area contributed by atoms with Gasteiger partial charge in [-0.15, -0.1) is 10.2 Å². The molecule has 30 heavy (non-hydrogen) atoms. The van der Waals surface area contributed by atoms with Crippen LogP contribution in [0, 0.1) is 0 Å². The van der Waals surface area contributed by atoms with Crippen molar-refractivity contribution in [2.24, 2.45) is 0 Å². The van der Waals surface area contributed by atoms with E-state index in [1.807, 2.05) is 36.4 Å². The van der Waals surface area contributed by atoms with Crippen LogP contribution in [0.5, 0.6) is 17.4 Å². The van der Waals surface area contributed by atoms with Crippen LogP contribution in [0.25, 0.3) is 11.3 Å². The molecule has 0 spiro atoms. The molecule has 0 fully saturated rings. The molecule has 9 heteroatoms. The highest BCUT2D eigenvalue weighted by Crippen LogP contribution is 2.42. The summed E-state index contributed by atoms with van der Waals surface area (Å²) in [5.74, 6) is 2.71. The minimum absolute atomic E-state index is 0.419. The van der Waals surface area contributed by atoms with E-state index in [-0.39, 0.29) is 0 Å². The number of ether oxygens (including phenoxy) is 3. The van der Waals surface area contributed by atoms with E-state index in [1.165, 1.54) is 0 Å². The van der Waals surface area contributed by atoms with Crippen molar-refractivity contribution in [3.05, 3.63) is 46.4 Å². The zero-order chi connectivity index (χ0) is 21.1. The van der Waals surface area contributed by atoms with Gasteiger partial charge in [0.2, 0.25) is 17.3 Å². The monoisotopic (exact) mass is 488 g/mol. The van der Waals surface area contributed by atoms with Gasteiger partial charge in [-0.25, -0.2) is 0 Å². The molecule has 0 unspecified atom stereocenters. The van der Waals surface area contributed by atoms with Gasteiger partial charge in [0.1, 0.15) is 11.5 Å². The van der Waals surface area contributed by atoms with Crippen molar-refractivity contribution in [1.29, 1.82) is 0 Å². The maximum Gasteiger partial charge on any atom is 0.247 e. The highest BCUT2D eigenvalue weighted by atomic mass is 79.9. The molecule has 1 aliphatic heterocycles. The lowest BCUT2D eigenvalue weighted by Gasteiger charge is -2.22. The van der Waals surface area contributed by atoms with Crippen LogP contribution in [0.15, 0.2) is 46.0 Å². The summed E-state index contributed by atoms with van der Waals surface area (Å²) in [6, 6.07) is 11.5. The van der Waals surface area contributed by atoms with E-state index in [2.05, 4.69) is 43.4 Å². The maximum absolute atomic E-state index is 6.34. The number of fused-ring (bicyclic) bond motifs is 3. The smallest absolute Gasteiger partial charge is 0.247 e. The Hall–Kier alpha value is -2.52. The molecule has 0 radical (unpaired) electrons. The van der Waals surface area contributed by atoms with Crippen LogP contribution in [0.4, 0.5) is 5.69 Å². The molecule has 1 aliphatic rings. The summed E-state index contributed by atoms with van der Waals surface area (Å²) in [5.41, 5.74) is 3.09. The van der Waals surface area contributed by atoms with Crippen LogP contribution < -0.4 is 19.5 Å². The number of rotatable bonds is 6.